The number of carbonyl (C=O) groups excluding carboxylic acids is 1. The molecule has 7 nitrogen and oxygen atoms in total. The third kappa shape index (κ3) is 3.18. The van der Waals surface area contributed by atoms with E-state index in [4.69, 9.17) is 0 Å². The van der Waals surface area contributed by atoms with E-state index < -0.39 is 0 Å². The van der Waals surface area contributed by atoms with E-state index in [9.17, 15) is 4.79 Å². The van der Waals surface area contributed by atoms with Crippen LogP contribution in [0, 0.1) is 18.8 Å². The molecule has 5 rings (SSSR count). The molecule has 0 radical (unpaired) electrons. The first kappa shape index (κ1) is 16.0. The first-order valence-electron chi connectivity index (χ1n) is 9.46. The Bertz CT molecular complexity index is 583. The minimum absolute atomic E-state index is 0.221. The molecule has 3 aliphatic heterocycles. The number of amides is 1. The van der Waals surface area contributed by atoms with Gasteiger partial charge in [-0.15, -0.1) is 5.10 Å². The quantitative estimate of drug-likeness (QED) is 0.780. The fourth-order valence-electron chi connectivity index (χ4n) is 4.41. The van der Waals surface area contributed by atoms with Crippen LogP contribution in [0.4, 0.5) is 0 Å². The zero-order valence-electron chi connectivity index (χ0n) is 14.6. The second-order valence-corrected chi connectivity index (χ2v) is 7.78. The Morgan fingerprint density at radius 3 is 2.71 bits per heavy atom. The van der Waals surface area contributed by atoms with E-state index in [1.807, 2.05) is 11.6 Å². The van der Waals surface area contributed by atoms with Gasteiger partial charge >= 0.3 is 0 Å². The lowest BCUT2D eigenvalue weighted by Gasteiger charge is -2.40. The minimum Gasteiger partial charge on any atom is -0.338 e. The number of hydrogen-bond donors (Lipinski definition) is 0. The highest BCUT2D eigenvalue weighted by atomic mass is 16.2. The molecule has 24 heavy (non-hydrogen) atoms. The second-order valence-electron chi connectivity index (χ2n) is 7.78. The third-order valence-corrected chi connectivity index (χ3v) is 6.10. The van der Waals surface area contributed by atoms with Gasteiger partial charge in [-0.2, -0.15) is 0 Å². The molecule has 1 aromatic rings. The van der Waals surface area contributed by atoms with Gasteiger partial charge in [-0.25, -0.2) is 4.68 Å². The Morgan fingerprint density at radius 2 is 2.00 bits per heavy atom. The van der Waals surface area contributed by atoms with E-state index in [0.717, 1.165) is 57.3 Å². The number of fused-ring (bicyclic) bond motifs is 4. The number of carbonyl (C=O) groups is 1. The maximum Gasteiger partial charge on any atom is 0.227 e. The molecule has 132 valence electrons. The largest absolute Gasteiger partial charge is 0.338 e. The van der Waals surface area contributed by atoms with Crippen molar-refractivity contribution in [1.82, 2.24) is 30.0 Å². The minimum atomic E-state index is 0.221. The fourth-order valence-corrected chi connectivity index (χ4v) is 4.41. The molecule has 0 aromatic carbocycles. The maximum atomic E-state index is 12.8. The van der Waals surface area contributed by atoms with Crippen molar-refractivity contribution < 1.29 is 4.79 Å². The summed E-state index contributed by atoms with van der Waals surface area (Å²) in [4.78, 5) is 17.5. The first-order chi connectivity index (χ1) is 11.7. The smallest absolute Gasteiger partial charge is 0.227 e. The van der Waals surface area contributed by atoms with E-state index in [2.05, 4.69) is 25.3 Å². The molecule has 2 atom stereocenters. The van der Waals surface area contributed by atoms with Crippen LogP contribution in [0.5, 0.6) is 0 Å². The Balaban J connectivity index is 1.33. The fraction of sp³-hybridized carbons (Fsp3) is 0.882. The van der Waals surface area contributed by atoms with Crippen LogP contribution in [0.25, 0.3) is 0 Å². The van der Waals surface area contributed by atoms with Crippen molar-refractivity contribution in [3.8, 4) is 0 Å². The van der Waals surface area contributed by atoms with Gasteiger partial charge in [-0.3, -0.25) is 4.79 Å². The van der Waals surface area contributed by atoms with Gasteiger partial charge in [0.25, 0.3) is 0 Å². The lowest BCUT2D eigenvalue weighted by Crippen LogP contribution is -2.50. The molecular formula is C17H28N6O. The molecule has 4 heterocycles. The van der Waals surface area contributed by atoms with Gasteiger partial charge in [0.2, 0.25) is 5.91 Å². The molecule has 1 saturated carbocycles. The Morgan fingerprint density at radius 1 is 1.12 bits per heavy atom. The zero-order chi connectivity index (χ0) is 16.5. The summed E-state index contributed by atoms with van der Waals surface area (Å²) in [6.45, 7) is 6.80. The van der Waals surface area contributed by atoms with E-state index in [0.29, 0.717) is 11.9 Å². The molecule has 0 unspecified atom stereocenters. The third-order valence-electron chi connectivity index (χ3n) is 6.10. The summed E-state index contributed by atoms with van der Waals surface area (Å²) < 4.78 is 1.86. The highest BCUT2D eigenvalue weighted by molar-refractivity contribution is 5.80. The van der Waals surface area contributed by atoms with Crippen molar-refractivity contribution in [3.63, 3.8) is 0 Å². The first-order valence-corrected chi connectivity index (χ1v) is 9.46. The number of piperidine rings is 1. The Hall–Kier alpha value is -1.50. The van der Waals surface area contributed by atoms with Crippen LogP contribution in [0.15, 0.2) is 0 Å². The summed E-state index contributed by atoms with van der Waals surface area (Å²) in [6.07, 6.45) is 7.27. The molecule has 4 aliphatic rings. The molecule has 0 N–H and O–H groups in total. The summed E-state index contributed by atoms with van der Waals surface area (Å²) in [5.41, 5.74) is 0. The molecule has 1 aliphatic carbocycles. The van der Waals surface area contributed by atoms with Gasteiger partial charge in [-0.05, 0) is 55.4 Å². The Kier molecular flexibility index (Phi) is 4.52. The normalized spacial score (nSPS) is 28.2. The van der Waals surface area contributed by atoms with Gasteiger partial charge in [0.15, 0.2) is 0 Å². The lowest BCUT2D eigenvalue weighted by molar-refractivity contribution is -0.141. The van der Waals surface area contributed by atoms with Crippen molar-refractivity contribution in [1.29, 1.82) is 0 Å². The SMILES string of the molecule is Cc1nnnn1CCCN1C[C@@H]2CC[C@H](C1)N(CC1CCC1)C2=O. The van der Waals surface area contributed by atoms with E-state index in [1.54, 1.807) is 0 Å². The highest BCUT2D eigenvalue weighted by Gasteiger charge is 2.41. The lowest BCUT2D eigenvalue weighted by atomic mass is 9.83. The summed E-state index contributed by atoms with van der Waals surface area (Å²) in [5.74, 6) is 2.29. The Labute approximate surface area is 143 Å². The van der Waals surface area contributed by atoms with Gasteiger partial charge in [0, 0.05) is 38.8 Å². The van der Waals surface area contributed by atoms with Crippen LogP contribution in [-0.2, 0) is 11.3 Å². The van der Waals surface area contributed by atoms with Crippen molar-refractivity contribution >= 4 is 5.91 Å². The number of tetrazole rings is 1. The van der Waals surface area contributed by atoms with Gasteiger partial charge in [0.05, 0.1) is 5.92 Å². The number of rotatable bonds is 6. The zero-order valence-corrected chi connectivity index (χ0v) is 14.6. The molecular weight excluding hydrogens is 304 g/mol. The molecule has 2 bridgehead atoms. The molecule has 1 amide bonds. The standard InChI is InChI=1S/C17H28N6O/c1-13-18-19-20-23(13)9-3-8-21-11-15-6-7-16(12-21)22(17(15)24)10-14-4-2-5-14/h14-16H,2-12H2,1H3/t15-,16+/m0/s1. The van der Waals surface area contributed by atoms with Gasteiger partial charge in [-0.1, -0.05) is 6.42 Å². The van der Waals surface area contributed by atoms with E-state index in [-0.39, 0.29) is 5.92 Å². The highest BCUT2D eigenvalue weighted by Crippen LogP contribution is 2.33. The number of aromatic nitrogens is 4. The van der Waals surface area contributed by atoms with Crippen LogP contribution in [0.3, 0.4) is 0 Å². The summed E-state index contributed by atoms with van der Waals surface area (Å²) in [5, 5.41) is 11.6. The molecule has 3 saturated heterocycles. The molecule has 7 heteroatoms. The van der Waals surface area contributed by atoms with Gasteiger partial charge in [0.1, 0.15) is 5.82 Å². The molecule has 0 spiro atoms. The number of aryl methyl sites for hydroxylation is 2. The van der Waals surface area contributed by atoms with Crippen LogP contribution in [0.1, 0.15) is 44.3 Å². The summed E-state index contributed by atoms with van der Waals surface area (Å²) >= 11 is 0. The predicted molar refractivity (Wildman–Crippen MR) is 89.2 cm³/mol. The van der Waals surface area contributed by atoms with Crippen molar-refractivity contribution in [3.05, 3.63) is 5.82 Å². The van der Waals surface area contributed by atoms with Crippen LogP contribution < -0.4 is 0 Å². The van der Waals surface area contributed by atoms with Crippen molar-refractivity contribution in [2.45, 2.75) is 58.0 Å². The summed E-state index contributed by atoms with van der Waals surface area (Å²) in [6, 6.07) is 0.437. The van der Waals surface area contributed by atoms with E-state index in [1.165, 1.54) is 25.7 Å². The number of nitrogens with zero attached hydrogens (tertiary/aromatic N) is 6. The molecule has 1 aromatic heterocycles. The summed E-state index contributed by atoms with van der Waals surface area (Å²) in [7, 11) is 0. The maximum absolute atomic E-state index is 12.8. The predicted octanol–water partition coefficient (Wildman–Crippen LogP) is 1.09. The van der Waals surface area contributed by atoms with E-state index >= 15 is 0 Å². The van der Waals surface area contributed by atoms with Crippen LogP contribution >= 0.6 is 0 Å². The van der Waals surface area contributed by atoms with Crippen LogP contribution in [0.2, 0.25) is 0 Å². The number of hydrogen-bond acceptors (Lipinski definition) is 5. The molecule has 4 fully saturated rings. The van der Waals surface area contributed by atoms with Crippen molar-refractivity contribution in [2.24, 2.45) is 11.8 Å². The topological polar surface area (TPSA) is 67.2 Å². The second kappa shape index (κ2) is 6.78. The van der Waals surface area contributed by atoms with Crippen LogP contribution in [-0.4, -0.2) is 68.1 Å². The monoisotopic (exact) mass is 332 g/mol. The van der Waals surface area contributed by atoms with Crippen molar-refractivity contribution in [2.75, 3.05) is 26.2 Å². The van der Waals surface area contributed by atoms with Gasteiger partial charge < -0.3 is 9.80 Å². The average Bonchev–Trinajstić information content (AvgIpc) is 2.76. The average molecular weight is 332 g/mol.